The summed E-state index contributed by atoms with van der Waals surface area (Å²) in [5, 5.41) is 2.87. The Bertz CT molecular complexity index is 724. The number of ether oxygens (including phenoxy) is 3. The second kappa shape index (κ2) is 9.45. The summed E-state index contributed by atoms with van der Waals surface area (Å²) >= 11 is 6.19. The van der Waals surface area contributed by atoms with E-state index in [1.54, 1.807) is 11.8 Å². The van der Waals surface area contributed by atoms with Gasteiger partial charge in [0.2, 0.25) is 0 Å². The number of carbonyl (C=O) groups excluding carboxylic acids is 3. The zero-order valence-electron chi connectivity index (χ0n) is 15.5. The van der Waals surface area contributed by atoms with Crippen LogP contribution in [-0.4, -0.2) is 56.8 Å². The van der Waals surface area contributed by atoms with E-state index in [-0.39, 0.29) is 34.8 Å². The highest BCUT2D eigenvalue weighted by molar-refractivity contribution is 6.34. The Morgan fingerprint density at radius 3 is 2.67 bits per heavy atom. The number of esters is 2. The second-order valence-corrected chi connectivity index (χ2v) is 6.40. The van der Waals surface area contributed by atoms with Crippen molar-refractivity contribution in [2.75, 3.05) is 39.2 Å². The molecule has 0 radical (unpaired) electrons. The Labute approximate surface area is 162 Å². The fourth-order valence-corrected chi connectivity index (χ4v) is 3.11. The first-order chi connectivity index (χ1) is 12.9. The molecule has 1 fully saturated rings. The number of piperidine rings is 1. The molecule has 148 valence electrons. The maximum absolute atomic E-state index is 12.6. The zero-order chi connectivity index (χ0) is 20.0. The number of nitrogens with zero attached hydrogens (tertiary/aromatic N) is 1. The largest absolute Gasteiger partial charge is 0.496 e. The van der Waals surface area contributed by atoms with Crippen molar-refractivity contribution in [3.05, 3.63) is 22.7 Å². The van der Waals surface area contributed by atoms with Crippen molar-refractivity contribution in [2.24, 2.45) is 5.92 Å². The molecular weight excluding hydrogens is 376 g/mol. The summed E-state index contributed by atoms with van der Waals surface area (Å²) in [6.07, 6.45) is 1.39. The third-order valence-corrected chi connectivity index (χ3v) is 4.58. The summed E-state index contributed by atoms with van der Waals surface area (Å²) in [6.45, 7) is 2.86. The van der Waals surface area contributed by atoms with E-state index in [0.717, 1.165) is 0 Å². The number of hydrogen-bond acceptors (Lipinski definition) is 6. The molecule has 0 bridgehead atoms. The van der Waals surface area contributed by atoms with Crippen molar-refractivity contribution in [3.63, 3.8) is 0 Å². The van der Waals surface area contributed by atoms with Gasteiger partial charge in [-0.3, -0.25) is 4.79 Å². The van der Waals surface area contributed by atoms with E-state index in [4.69, 9.17) is 21.1 Å². The predicted octanol–water partition coefficient (Wildman–Crippen LogP) is 2.94. The third-order valence-electron chi connectivity index (χ3n) is 4.26. The van der Waals surface area contributed by atoms with Crippen LogP contribution >= 0.6 is 11.6 Å². The van der Waals surface area contributed by atoms with Crippen LogP contribution in [0.2, 0.25) is 5.02 Å². The van der Waals surface area contributed by atoms with Crippen LogP contribution in [0, 0.1) is 5.92 Å². The summed E-state index contributed by atoms with van der Waals surface area (Å²) in [4.78, 5) is 37.8. The number of methoxy groups -OCH3 is 2. The van der Waals surface area contributed by atoms with Gasteiger partial charge in [0.1, 0.15) is 11.3 Å². The average molecular weight is 399 g/mol. The number of anilines is 1. The molecule has 1 aromatic rings. The fraction of sp³-hybridized carbons (Fsp3) is 0.500. The van der Waals surface area contributed by atoms with E-state index < -0.39 is 12.0 Å². The molecule has 1 aromatic carbocycles. The molecule has 2 rings (SSSR count). The minimum atomic E-state index is -0.597. The normalized spacial score (nSPS) is 16.4. The average Bonchev–Trinajstić information content (AvgIpc) is 2.68. The van der Waals surface area contributed by atoms with Crippen LogP contribution in [0.5, 0.6) is 5.75 Å². The molecule has 2 amide bonds. The smallest absolute Gasteiger partial charge is 0.341 e. The zero-order valence-corrected chi connectivity index (χ0v) is 16.3. The molecule has 1 N–H and O–H groups in total. The van der Waals surface area contributed by atoms with Crippen LogP contribution in [0.25, 0.3) is 0 Å². The standard InChI is InChI=1S/C18H23ClN2O6/c1-4-27-16(22)11-6-5-7-21(10-11)18(24)20-14-9-15(25-2)12(8-13(14)19)17(23)26-3/h8-9,11H,4-7,10H2,1-3H3,(H,20,24)/t11-/m1/s1. The van der Waals surface area contributed by atoms with Gasteiger partial charge in [-0.25, -0.2) is 9.59 Å². The Balaban J connectivity index is 2.13. The van der Waals surface area contributed by atoms with Crippen molar-refractivity contribution >= 4 is 35.3 Å². The van der Waals surface area contributed by atoms with Crippen molar-refractivity contribution < 1.29 is 28.6 Å². The van der Waals surface area contributed by atoms with E-state index >= 15 is 0 Å². The molecule has 0 aromatic heterocycles. The van der Waals surface area contributed by atoms with Crippen LogP contribution in [-0.2, 0) is 14.3 Å². The Hall–Kier alpha value is -2.48. The monoisotopic (exact) mass is 398 g/mol. The van der Waals surface area contributed by atoms with Gasteiger partial charge in [-0.1, -0.05) is 11.6 Å². The number of rotatable bonds is 5. The molecule has 8 nitrogen and oxygen atoms in total. The molecule has 1 aliphatic rings. The number of carbonyl (C=O) groups is 3. The molecule has 0 saturated carbocycles. The van der Waals surface area contributed by atoms with Gasteiger partial charge in [-0.05, 0) is 25.8 Å². The van der Waals surface area contributed by atoms with Gasteiger partial charge < -0.3 is 24.4 Å². The van der Waals surface area contributed by atoms with E-state index in [2.05, 4.69) is 10.1 Å². The highest BCUT2D eigenvalue weighted by Crippen LogP contribution is 2.32. The summed E-state index contributed by atoms with van der Waals surface area (Å²) in [6, 6.07) is 2.44. The fourth-order valence-electron chi connectivity index (χ4n) is 2.90. The Kier molecular flexibility index (Phi) is 7.29. The van der Waals surface area contributed by atoms with Crippen molar-refractivity contribution in [1.29, 1.82) is 0 Å². The summed E-state index contributed by atoms with van der Waals surface area (Å²) in [7, 11) is 2.65. The highest BCUT2D eigenvalue weighted by Gasteiger charge is 2.29. The summed E-state index contributed by atoms with van der Waals surface area (Å²) < 4.78 is 14.9. The first kappa shape index (κ1) is 20.8. The van der Waals surface area contributed by atoms with E-state index in [1.807, 2.05) is 0 Å². The molecular formula is C18H23ClN2O6. The topological polar surface area (TPSA) is 94.2 Å². The lowest BCUT2D eigenvalue weighted by Crippen LogP contribution is -2.44. The number of likely N-dealkylation sites (tertiary alicyclic amines) is 1. The van der Waals surface area contributed by atoms with Crippen LogP contribution in [0.1, 0.15) is 30.1 Å². The maximum Gasteiger partial charge on any atom is 0.341 e. The number of nitrogens with one attached hydrogen (secondary N) is 1. The van der Waals surface area contributed by atoms with Gasteiger partial charge in [-0.2, -0.15) is 0 Å². The lowest BCUT2D eigenvalue weighted by molar-refractivity contribution is -0.149. The quantitative estimate of drug-likeness (QED) is 0.766. The van der Waals surface area contributed by atoms with E-state index in [9.17, 15) is 14.4 Å². The summed E-state index contributed by atoms with van der Waals surface area (Å²) in [5.41, 5.74) is 0.452. The molecule has 0 unspecified atom stereocenters. The minimum Gasteiger partial charge on any atom is -0.496 e. The SMILES string of the molecule is CCOC(=O)[C@@H]1CCCN(C(=O)Nc2cc(OC)c(C(=O)OC)cc2Cl)C1. The van der Waals surface area contributed by atoms with Gasteiger partial charge in [0, 0.05) is 19.2 Å². The number of benzene rings is 1. The lowest BCUT2D eigenvalue weighted by atomic mass is 9.98. The summed E-state index contributed by atoms with van der Waals surface area (Å²) in [5.74, 6) is -1.00. The Morgan fingerprint density at radius 1 is 1.30 bits per heavy atom. The molecule has 0 spiro atoms. The molecule has 27 heavy (non-hydrogen) atoms. The second-order valence-electron chi connectivity index (χ2n) is 5.99. The third kappa shape index (κ3) is 5.03. The van der Waals surface area contributed by atoms with Crippen LogP contribution in [0.4, 0.5) is 10.5 Å². The number of hydrogen-bond donors (Lipinski definition) is 1. The van der Waals surface area contributed by atoms with Crippen molar-refractivity contribution in [2.45, 2.75) is 19.8 Å². The van der Waals surface area contributed by atoms with Crippen molar-refractivity contribution in [1.82, 2.24) is 4.90 Å². The van der Waals surface area contributed by atoms with Gasteiger partial charge in [0.15, 0.2) is 0 Å². The van der Waals surface area contributed by atoms with Crippen molar-refractivity contribution in [3.8, 4) is 5.75 Å². The van der Waals surface area contributed by atoms with E-state index in [0.29, 0.717) is 31.7 Å². The minimum absolute atomic E-state index is 0.156. The maximum atomic E-state index is 12.6. The van der Waals surface area contributed by atoms with Crippen LogP contribution in [0.3, 0.4) is 0 Å². The van der Waals surface area contributed by atoms with Gasteiger partial charge in [-0.15, -0.1) is 0 Å². The molecule has 1 atom stereocenters. The lowest BCUT2D eigenvalue weighted by Gasteiger charge is -2.31. The van der Waals surface area contributed by atoms with Crippen LogP contribution in [0.15, 0.2) is 12.1 Å². The number of urea groups is 1. The predicted molar refractivity (Wildman–Crippen MR) is 99.3 cm³/mol. The number of halogens is 1. The number of amides is 2. The molecule has 1 saturated heterocycles. The molecule has 9 heteroatoms. The first-order valence-corrected chi connectivity index (χ1v) is 8.97. The molecule has 1 aliphatic heterocycles. The van der Waals surface area contributed by atoms with Crippen LogP contribution < -0.4 is 10.1 Å². The Morgan fingerprint density at radius 2 is 2.04 bits per heavy atom. The van der Waals surface area contributed by atoms with Gasteiger partial charge >= 0.3 is 18.0 Å². The molecule has 1 heterocycles. The van der Waals surface area contributed by atoms with E-state index in [1.165, 1.54) is 26.4 Å². The van der Waals surface area contributed by atoms with Gasteiger partial charge in [0.25, 0.3) is 0 Å². The molecule has 0 aliphatic carbocycles. The highest BCUT2D eigenvalue weighted by atomic mass is 35.5. The van der Waals surface area contributed by atoms with Gasteiger partial charge in [0.05, 0.1) is 37.5 Å². The first-order valence-electron chi connectivity index (χ1n) is 8.59.